The molecule has 0 aliphatic heterocycles. The van der Waals surface area contributed by atoms with E-state index in [1.807, 2.05) is 37.3 Å². The summed E-state index contributed by atoms with van der Waals surface area (Å²) in [6.07, 6.45) is 0. The van der Waals surface area contributed by atoms with E-state index < -0.39 is 0 Å². The number of carbonyl (C=O) groups excluding carboxylic acids is 1. The van der Waals surface area contributed by atoms with Gasteiger partial charge in [0.25, 0.3) is 5.91 Å². The standard InChI is InChI=1S/C16H16N2O2S/c1-11-6-5-9-13(15(11)16(17)21)18-14(19)10-20-12-7-3-2-4-8-12/h2-9H,10H2,1H3,(H2,17,21)(H,18,19). The lowest BCUT2D eigenvalue weighted by atomic mass is 10.1. The molecule has 0 radical (unpaired) electrons. The fourth-order valence-electron chi connectivity index (χ4n) is 1.95. The SMILES string of the molecule is Cc1cccc(NC(=O)COc2ccccc2)c1C(N)=S. The summed E-state index contributed by atoms with van der Waals surface area (Å²) in [5.41, 5.74) is 7.91. The van der Waals surface area contributed by atoms with Crippen LogP contribution in [0.1, 0.15) is 11.1 Å². The van der Waals surface area contributed by atoms with E-state index in [0.29, 0.717) is 17.0 Å². The van der Waals surface area contributed by atoms with Crippen molar-refractivity contribution in [3.05, 3.63) is 59.7 Å². The average Bonchev–Trinajstić information content (AvgIpc) is 2.46. The first kappa shape index (κ1) is 15.0. The van der Waals surface area contributed by atoms with Crippen LogP contribution in [0.5, 0.6) is 5.75 Å². The van der Waals surface area contributed by atoms with E-state index in [4.69, 9.17) is 22.7 Å². The number of aryl methyl sites for hydroxylation is 1. The maximum atomic E-state index is 12.0. The molecule has 21 heavy (non-hydrogen) atoms. The summed E-state index contributed by atoms with van der Waals surface area (Å²) < 4.78 is 5.39. The first-order chi connectivity index (χ1) is 10.1. The summed E-state index contributed by atoms with van der Waals surface area (Å²) in [5.74, 6) is 0.383. The molecular weight excluding hydrogens is 284 g/mol. The molecule has 0 saturated heterocycles. The molecule has 0 bridgehead atoms. The van der Waals surface area contributed by atoms with Gasteiger partial charge in [0, 0.05) is 5.56 Å². The van der Waals surface area contributed by atoms with E-state index in [1.54, 1.807) is 18.2 Å². The van der Waals surface area contributed by atoms with E-state index >= 15 is 0 Å². The minimum Gasteiger partial charge on any atom is -0.484 e. The minimum atomic E-state index is -0.262. The van der Waals surface area contributed by atoms with Crippen LogP contribution in [0.25, 0.3) is 0 Å². The van der Waals surface area contributed by atoms with Gasteiger partial charge in [0.05, 0.1) is 5.69 Å². The molecule has 108 valence electrons. The van der Waals surface area contributed by atoms with Gasteiger partial charge in [-0.05, 0) is 30.7 Å². The van der Waals surface area contributed by atoms with Crippen molar-refractivity contribution < 1.29 is 9.53 Å². The molecule has 1 amide bonds. The van der Waals surface area contributed by atoms with Crippen LogP contribution in [0.4, 0.5) is 5.69 Å². The topological polar surface area (TPSA) is 64.3 Å². The molecule has 2 aromatic carbocycles. The summed E-state index contributed by atoms with van der Waals surface area (Å²) in [5, 5.41) is 2.77. The number of benzene rings is 2. The van der Waals surface area contributed by atoms with Gasteiger partial charge in [0.15, 0.2) is 6.61 Å². The summed E-state index contributed by atoms with van der Waals surface area (Å²) in [6.45, 7) is 1.82. The maximum Gasteiger partial charge on any atom is 0.262 e. The Bertz CT molecular complexity index is 657. The van der Waals surface area contributed by atoms with E-state index in [1.165, 1.54) is 0 Å². The van der Waals surface area contributed by atoms with Gasteiger partial charge < -0.3 is 15.8 Å². The van der Waals surface area contributed by atoms with Crippen LogP contribution in [-0.2, 0) is 4.79 Å². The van der Waals surface area contributed by atoms with Crippen molar-refractivity contribution in [2.24, 2.45) is 5.73 Å². The number of amides is 1. The molecule has 0 aromatic heterocycles. The Hall–Kier alpha value is -2.40. The van der Waals surface area contributed by atoms with Gasteiger partial charge in [0.2, 0.25) is 0 Å². The minimum absolute atomic E-state index is 0.0747. The molecule has 4 nitrogen and oxygen atoms in total. The molecule has 2 rings (SSSR count). The van der Waals surface area contributed by atoms with E-state index in [-0.39, 0.29) is 17.5 Å². The summed E-state index contributed by atoms with van der Waals surface area (Å²) in [4.78, 5) is 12.2. The fourth-order valence-corrected chi connectivity index (χ4v) is 2.22. The first-order valence-corrected chi connectivity index (χ1v) is 6.86. The zero-order valence-electron chi connectivity index (χ0n) is 11.6. The second-order valence-corrected chi connectivity index (χ2v) is 4.95. The molecule has 0 spiro atoms. The Morgan fingerprint density at radius 3 is 2.57 bits per heavy atom. The predicted molar refractivity (Wildman–Crippen MR) is 87.6 cm³/mol. The molecule has 0 heterocycles. The lowest BCUT2D eigenvalue weighted by Gasteiger charge is -2.13. The molecule has 5 heteroatoms. The number of hydrogen-bond donors (Lipinski definition) is 2. The van der Waals surface area contributed by atoms with Crippen LogP contribution in [0.15, 0.2) is 48.5 Å². The zero-order chi connectivity index (χ0) is 15.2. The molecule has 0 aliphatic carbocycles. The third-order valence-corrected chi connectivity index (χ3v) is 3.11. The maximum absolute atomic E-state index is 12.0. The number of anilines is 1. The van der Waals surface area contributed by atoms with Gasteiger partial charge in [-0.3, -0.25) is 4.79 Å². The van der Waals surface area contributed by atoms with E-state index in [9.17, 15) is 4.79 Å². The number of rotatable bonds is 5. The lowest BCUT2D eigenvalue weighted by molar-refractivity contribution is -0.118. The van der Waals surface area contributed by atoms with Gasteiger partial charge >= 0.3 is 0 Å². The average molecular weight is 300 g/mol. The lowest BCUT2D eigenvalue weighted by Crippen LogP contribution is -2.23. The Kier molecular flexibility index (Phi) is 4.90. The highest BCUT2D eigenvalue weighted by molar-refractivity contribution is 7.80. The number of nitrogens with two attached hydrogens (primary N) is 1. The molecule has 0 atom stereocenters. The smallest absolute Gasteiger partial charge is 0.262 e. The van der Waals surface area contributed by atoms with Crippen LogP contribution in [0, 0.1) is 6.92 Å². The molecule has 0 aliphatic rings. The van der Waals surface area contributed by atoms with Crippen LogP contribution in [-0.4, -0.2) is 17.5 Å². The summed E-state index contributed by atoms with van der Waals surface area (Å²) in [7, 11) is 0. The quantitative estimate of drug-likeness (QED) is 0.833. The molecule has 3 N–H and O–H groups in total. The predicted octanol–water partition coefficient (Wildman–Crippen LogP) is 2.65. The molecular formula is C16H16N2O2S. The van der Waals surface area contributed by atoms with Gasteiger partial charge in [0.1, 0.15) is 10.7 Å². The highest BCUT2D eigenvalue weighted by Crippen LogP contribution is 2.19. The summed E-state index contributed by atoms with van der Waals surface area (Å²) in [6, 6.07) is 14.7. The van der Waals surface area contributed by atoms with Gasteiger partial charge in [-0.25, -0.2) is 0 Å². The number of para-hydroxylation sites is 1. The van der Waals surface area contributed by atoms with E-state index in [2.05, 4.69) is 5.32 Å². The van der Waals surface area contributed by atoms with Gasteiger partial charge in [-0.2, -0.15) is 0 Å². The molecule has 0 unspecified atom stereocenters. The third-order valence-electron chi connectivity index (χ3n) is 2.91. The second kappa shape index (κ2) is 6.85. The first-order valence-electron chi connectivity index (χ1n) is 6.45. The van der Waals surface area contributed by atoms with Crippen LogP contribution < -0.4 is 15.8 Å². The van der Waals surface area contributed by atoms with Gasteiger partial charge in [-0.1, -0.05) is 42.5 Å². The second-order valence-electron chi connectivity index (χ2n) is 4.51. The normalized spacial score (nSPS) is 9.95. The van der Waals surface area contributed by atoms with Crippen molar-refractivity contribution in [1.82, 2.24) is 0 Å². The number of carbonyl (C=O) groups is 1. The van der Waals surface area contributed by atoms with Crippen molar-refractivity contribution in [1.29, 1.82) is 0 Å². The van der Waals surface area contributed by atoms with E-state index in [0.717, 1.165) is 5.56 Å². The Morgan fingerprint density at radius 2 is 1.90 bits per heavy atom. The van der Waals surface area contributed by atoms with Crippen molar-refractivity contribution in [3.63, 3.8) is 0 Å². The highest BCUT2D eigenvalue weighted by Gasteiger charge is 2.11. The zero-order valence-corrected chi connectivity index (χ0v) is 12.4. The monoisotopic (exact) mass is 300 g/mol. The summed E-state index contributed by atoms with van der Waals surface area (Å²) >= 11 is 5.03. The highest BCUT2D eigenvalue weighted by atomic mass is 32.1. The number of hydrogen-bond acceptors (Lipinski definition) is 3. The van der Waals surface area contributed by atoms with Crippen molar-refractivity contribution in [2.45, 2.75) is 6.92 Å². The Morgan fingerprint density at radius 1 is 1.19 bits per heavy atom. The largest absolute Gasteiger partial charge is 0.484 e. The number of ether oxygens (including phenoxy) is 1. The number of nitrogens with one attached hydrogen (secondary N) is 1. The van der Waals surface area contributed by atoms with Crippen molar-refractivity contribution >= 4 is 28.8 Å². The van der Waals surface area contributed by atoms with Crippen LogP contribution in [0.3, 0.4) is 0 Å². The van der Waals surface area contributed by atoms with Crippen molar-refractivity contribution in [2.75, 3.05) is 11.9 Å². The Balaban J connectivity index is 2.03. The van der Waals surface area contributed by atoms with Gasteiger partial charge in [-0.15, -0.1) is 0 Å². The Labute approximate surface area is 128 Å². The number of thiocarbonyl (C=S) groups is 1. The molecule has 0 fully saturated rings. The van der Waals surface area contributed by atoms with Crippen molar-refractivity contribution in [3.8, 4) is 5.75 Å². The molecule has 0 saturated carbocycles. The molecule has 2 aromatic rings. The van der Waals surface area contributed by atoms with Crippen LogP contribution in [0.2, 0.25) is 0 Å². The van der Waals surface area contributed by atoms with Crippen LogP contribution >= 0.6 is 12.2 Å². The third kappa shape index (κ3) is 4.03. The fraction of sp³-hybridized carbons (Fsp3) is 0.125.